The van der Waals surface area contributed by atoms with E-state index in [0.717, 1.165) is 42.3 Å². The fraction of sp³-hybridized carbons (Fsp3) is 0.412. The highest BCUT2D eigenvalue weighted by Gasteiger charge is 2.23. The Morgan fingerprint density at radius 2 is 2.22 bits per heavy atom. The molecule has 3 heterocycles. The molecule has 1 saturated carbocycles. The number of fused-ring (bicyclic) bond motifs is 1. The first-order chi connectivity index (χ1) is 13.1. The summed E-state index contributed by atoms with van der Waals surface area (Å²) in [4.78, 5) is 17.3. The quantitative estimate of drug-likeness (QED) is 0.527. The molecule has 0 saturated heterocycles. The molecule has 3 N–H and O–H groups in total. The number of anilines is 1. The van der Waals surface area contributed by atoms with Gasteiger partial charge in [0.1, 0.15) is 6.33 Å². The van der Waals surface area contributed by atoms with E-state index in [-0.39, 0.29) is 17.9 Å². The maximum atomic E-state index is 14.7. The summed E-state index contributed by atoms with van der Waals surface area (Å²) in [6, 6.07) is 0.275. The van der Waals surface area contributed by atoms with E-state index >= 15 is 0 Å². The number of nitrogens with two attached hydrogens (primary N) is 1. The molecule has 0 radical (unpaired) electrons. The van der Waals surface area contributed by atoms with Crippen LogP contribution in [0.5, 0.6) is 0 Å². The van der Waals surface area contributed by atoms with Crippen LogP contribution in [0.15, 0.2) is 18.7 Å². The van der Waals surface area contributed by atoms with E-state index in [1.807, 2.05) is 10.2 Å². The van der Waals surface area contributed by atoms with Crippen LogP contribution in [0.2, 0.25) is 0 Å². The van der Waals surface area contributed by atoms with Crippen molar-refractivity contribution < 1.29 is 4.39 Å². The summed E-state index contributed by atoms with van der Waals surface area (Å²) in [6.07, 6.45) is 8.98. The van der Waals surface area contributed by atoms with Crippen LogP contribution < -0.4 is 11.1 Å². The average Bonchev–Trinajstić information content (AvgIpc) is 3.04. The Kier molecular flexibility index (Phi) is 5.46. The Morgan fingerprint density at radius 3 is 3.00 bits per heavy atom. The third-order valence-electron chi connectivity index (χ3n) is 4.82. The number of hydrogen-bond donors (Lipinski definition) is 2. The smallest absolute Gasteiger partial charge is 0.186 e. The second-order valence-electron chi connectivity index (χ2n) is 6.76. The summed E-state index contributed by atoms with van der Waals surface area (Å²) < 4.78 is 16.6. The van der Waals surface area contributed by atoms with Crippen LogP contribution in [-0.4, -0.2) is 36.0 Å². The lowest BCUT2D eigenvalue weighted by Gasteiger charge is -2.28. The van der Waals surface area contributed by atoms with Crippen molar-refractivity contribution in [1.29, 1.82) is 0 Å². The second-order valence-corrected chi connectivity index (χ2v) is 8.47. The summed E-state index contributed by atoms with van der Waals surface area (Å²) in [5.74, 6) is 0.276. The van der Waals surface area contributed by atoms with Crippen LogP contribution in [0, 0.1) is 12.7 Å². The fourth-order valence-corrected chi connectivity index (χ4v) is 4.75. The third kappa shape index (κ3) is 3.74. The minimum atomic E-state index is -0.416. The molecule has 1 fully saturated rings. The molecule has 27 heavy (non-hydrogen) atoms. The SMILES string of the molecule is Cc1nc(-c2cn(SI)c3ncncc23)nc(N[C@@H]2CCC[C@H](N)C2)c1F. The third-order valence-corrected chi connectivity index (χ3v) is 6.52. The second kappa shape index (κ2) is 7.84. The van der Waals surface area contributed by atoms with Gasteiger partial charge >= 0.3 is 0 Å². The van der Waals surface area contributed by atoms with Crippen LogP contribution in [0.3, 0.4) is 0 Å². The van der Waals surface area contributed by atoms with E-state index in [1.54, 1.807) is 13.1 Å². The first-order valence-corrected chi connectivity index (χ1v) is 12.0. The van der Waals surface area contributed by atoms with Gasteiger partial charge in [0.2, 0.25) is 0 Å². The van der Waals surface area contributed by atoms with Crippen LogP contribution in [0.25, 0.3) is 22.4 Å². The molecule has 3 aromatic heterocycles. The van der Waals surface area contributed by atoms with Crippen molar-refractivity contribution in [2.45, 2.75) is 44.7 Å². The van der Waals surface area contributed by atoms with Crippen LogP contribution in [0.4, 0.5) is 10.2 Å². The highest BCUT2D eigenvalue weighted by Crippen LogP contribution is 2.33. The lowest BCUT2D eigenvalue weighted by molar-refractivity contribution is 0.407. The molecular weight excluding hydrogens is 480 g/mol. The van der Waals surface area contributed by atoms with Gasteiger partial charge in [-0.25, -0.2) is 24.3 Å². The number of nitrogens with zero attached hydrogens (tertiary/aromatic N) is 5. The molecule has 142 valence electrons. The van der Waals surface area contributed by atoms with Gasteiger partial charge in [0.15, 0.2) is 23.1 Å². The molecule has 0 bridgehead atoms. The Hall–Kier alpha value is -1.53. The summed E-state index contributed by atoms with van der Waals surface area (Å²) in [6.45, 7) is 1.65. The van der Waals surface area contributed by atoms with E-state index in [0.29, 0.717) is 11.5 Å². The van der Waals surface area contributed by atoms with E-state index in [9.17, 15) is 4.39 Å². The van der Waals surface area contributed by atoms with Crippen molar-refractivity contribution in [2.75, 3.05) is 5.32 Å². The predicted molar refractivity (Wildman–Crippen MR) is 114 cm³/mol. The zero-order valence-electron chi connectivity index (χ0n) is 14.7. The van der Waals surface area contributed by atoms with E-state index in [1.165, 1.54) is 15.4 Å². The van der Waals surface area contributed by atoms with Gasteiger partial charge in [-0.3, -0.25) is 3.97 Å². The predicted octanol–water partition coefficient (Wildman–Crippen LogP) is 3.86. The zero-order valence-corrected chi connectivity index (χ0v) is 17.7. The first kappa shape index (κ1) is 18.8. The molecule has 0 amide bonds. The van der Waals surface area contributed by atoms with Crippen molar-refractivity contribution in [3.63, 3.8) is 0 Å². The van der Waals surface area contributed by atoms with Gasteiger partial charge in [-0.1, -0.05) is 0 Å². The van der Waals surface area contributed by atoms with Gasteiger partial charge in [0.05, 0.1) is 5.69 Å². The Labute approximate surface area is 172 Å². The van der Waals surface area contributed by atoms with Gasteiger partial charge in [0.25, 0.3) is 0 Å². The molecule has 0 aliphatic heterocycles. The van der Waals surface area contributed by atoms with Crippen molar-refractivity contribution in [3.05, 3.63) is 30.2 Å². The minimum absolute atomic E-state index is 0.125. The van der Waals surface area contributed by atoms with Crippen molar-refractivity contribution in [1.82, 2.24) is 23.9 Å². The van der Waals surface area contributed by atoms with Crippen LogP contribution in [-0.2, 0) is 0 Å². The highest BCUT2D eigenvalue weighted by molar-refractivity contribution is 14.2. The highest BCUT2D eigenvalue weighted by atomic mass is 127. The monoisotopic (exact) mass is 499 g/mol. The van der Waals surface area contributed by atoms with Crippen molar-refractivity contribution in [2.24, 2.45) is 5.73 Å². The Bertz CT molecular complexity index is 979. The average molecular weight is 499 g/mol. The largest absolute Gasteiger partial charge is 0.365 e. The summed E-state index contributed by atoms with van der Waals surface area (Å²) in [5.41, 5.74) is 7.92. The summed E-state index contributed by atoms with van der Waals surface area (Å²) in [5, 5.41) is 4.08. The first-order valence-electron chi connectivity index (χ1n) is 8.73. The van der Waals surface area contributed by atoms with Gasteiger partial charge in [0, 0.05) is 65.8 Å². The van der Waals surface area contributed by atoms with Gasteiger partial charge in [-0.15, -0.1) is 0 Å². The van der Waals surface area contributed by atoms with Gasteiger partial charge in [-0.05, 0) is 32.6 Å². The summed E-state index contributed by atoms with van der Waals surface area (Å²) >= 11 is 2.19. The maximum absolute atomic E-state index is 14.7. The standard InChI is InChI=1S/C17H19FIN7S/c1-9-14(18)16(24-11-4-2-3-10(20)5-11)25-15(23-9)13-7-26(27-19)17-12(13)6-21-8-22-17/h6-8,10-11H,2-5,20H2,1H3,(H,23,24,25)/t10-,11+/m0/s1. The lowest BCUT2D eigenvalue weighted by atomic mass is 9.91. The van der Waals surface area contributed by atoms with Gasteiger partial charge in [-0.2, -0.15) is 0 Å². The topological polar surface area (TPSA) is 94.5 Å². The normalized spacial score (nSPS) is 20.1. The van der Waals surface area contributed by atoms with E-state index in [2.05, 4.69) is 46.5 Å². The zero-order chi connectivity index (χ0) is 19.0. The molecule has 10 heteroatoms. The molecule has 4 rings (SSSR count). The van der Waals surface area contributed by atoms with Crippen molar-refractivity contribution >= 4 is 47.2 Å². The maximum Gasteiger partial charge on any atom is 0.186 e. The number of aryl methyl sites for hydroxylation is 1. The summed E-state index contributed by atoms with van der Waals surface area (Å²) in [7, 11) is 1.49. The molecule has 1 aliphatic carbocycles. The number of nitrogens with one attached hydrogen (secondary N) is 1. The van der Waals surface area contributed by atoms with E-state index < -0.39 is 5.82 Å². The molecular formula is C17H19FIN7S. The van der Waals surface area contributed by atoms with Crippen molar-refractivity contribution in [3.8, 4) is 11.4 Å². The molecule has 3 aromatic rings. The number of hydrogen-bond acceptors (Lipinski definition) is 7. The molecule has 1 aliphatic rings. The number of halogens is 2. The number of aromatic nitrogens is 5. The van der Waals surface area contributed by atoms with E-state index in [4.69, 9.17) is 5.73 Å². The molecule has 7 nitrogen and oxygen atoms in total. The lowest BCUT2D eigenvalue weighted by Crippen LogP contribution is -2.35. The minimum Gasteiger partial charge on any atom is -0.365 e. The van der Waals surface area contributed by atoms with Crippen LogP contribution >= 0.6 is 30.3 Å². The molecule has 0 spiro atoms. The van der Waals surface area contributed by atoms with Crippen LogP contribution in [0.1, 0.15) is 31.4 Å². The molecule has 0 unspecified atom stereocenters. The Balaban J connectivity index is 1.75. The molecule has 0 aromatic carbocycles. The van der Waals surface area contributed by atoms with Gasteiger partial charge < -0.3 is 11.1 Å². The Morgan fingerprint density at radius 1 is 1.37 bits per heavy atom. The molecule has 2 atom stereocenters. The fourth-order valence-electron chi connectivity index (χ4n) is 3.49. The number of rotatable bonds is 4.